The number of amides is 2. The van der Waals surface area contributed by atoms with Crippen LogP contribution in [0.3, 0.4) is 0 Å². The highest BCUT2D eigenvalue weighted by Crippen LogP contribution is 2.49. The van der Waals surface area contributed by atoms with Gasteiger partial charge < -0.3 is 30.7 Å². The zero-order valence-electron chi connectivity index (χ0n) is 19.9. The van der Waals surface area contributed by atoms with Crippen LogP contribution in [0.25, 0.3) is 0 Å². The molecule has 2 aromatic carbocycles. The molecular formula is C27H29N5O4. The third-order valence-electron chi connectivity index (χ3n) is 6.47. The number of morpholine rings is 1. The number of pyridine rings is 1. The molecule has 36 heavy (non-hydrogen) atoms. The highest BCUT2D eigenvalue weighted by molar-refractivity contribution is 6.03. The minimum absolute atomic E-state index is 0.0603. The number of ether oxygens (including phenoxy) is 2. The number of hydrogen-bond donors (Lipinski definition) is 3. The van der Waals surface area contributed by atoms with Gasteiger partial charge in [0.15, 0.2) is 6.61 Å². The van der Waals surface area contributed by atoms with Gasteiger partial charge in [0.05, 0.1) is 24.4 Å². The van der Waals surface area contributed by atoms with Gasteiger partial charge in [0.2, 0.25) is 0 Å². The molecular weight excluding hydrogens is 458 g/mol. The Labute approximate surface area is 209 Å². The van der Waals surface area contributed by atoms with E-state index in [0.717, 1.165) is 12.8 Å². The van der Waals surface area contributed by atoms with Crippen molar-refractivity contribution in [3.8, 4) is 5.75 Å². The molecule has 9 nitrogen and oxygen atoms in total. The zero-order chi connectivity index (χ0) is 25.0. The Balaban J connectivity index is 1.31. The molecule has 9 heteroatoms. The van der Waals surface area contributed by atoms with Crippen LogP contribution in [0.2, 0.25) is 0 Å². The van der Waals surface area contributed by atoms with Crippen molar-refractivity contribution in [2.45, 2.75) is 18.4 Å². The molecule has 2 amide bonds. The standard InChI is InChI=1S/C27H29N5O4/c28-25(34)24-22(31-27(10-11-27)19-5-2-1-3-6-19)9-12-29-26(24)30-20-7-4-8-21(17-20)36-18-23(33)32-13-15-35-16-14-32/h1-9,12,17H,10-11,13-16,18H2,(H2,28,34)(H2,29,30,31). The normalized spacial score (nSPS) is 16.2. The van der Waals surface area contributed by atoms with Crippen LogP contribution in [0, 0.1) is 0 Å². The number of primary amides is 1. The number of carbonyl (C=O) groups excluding carboxylic acids is 2. The van der Waals surface area contributed by atoms with E-state index in [-0.39, 0.29) is 23.6 Å². The van der Waals surface area contributed by atoms with Crippen LogP contribution in [-0.2, 0) is 15.1 Å². The minimum atomic E-state index is -0.583. The Morgan fingerprint density at radius 1 is 1.06 bits per heavy atom. The fourth-order valence-electron chi connectivity index (χ4n) is 4.39. The summed E-state index contributed by atoms with van der Waals surface area (Å²) >= 11 is 0. The molecule has 2 fully saturated rings. The molecule has 0 spiro atoms. The van der Waals surface area contributed by atoms with Crippen molar-refractivity contribution < 1.29 is 19.1 Å². The van der Waals surface area contributed by atoms with Gasteiger partial charge in [-0.3, -0.25) is 9.59 Å². The van der Waals surface area contributed by atoms with Gasteiger partial charge in [0, 0.05) is 31.0 Å². The van der Waals surface area contributed by atoms with E-state index in [2.05, 4.69) is 27.8 Å². The first-order chi connectivity index (χ1) is 17.5. The van der Waals surface area contributed by atoms with Gasteiger partial charge in [-0.2, -0.15) is 0 Å². The van der Waals surface area contributed by atoms with E-state index in [9.17, 15) is 9.59 Å². The van der Waals surface area contributed by atoms with Crippen LogP contribution in [0.4, 0.5) is 17.2 Å². The molecule has 3 aromatic rings. The van der Waals surface area contributed by atoms with Crippen molar-refractivity contribution in [2.75, 3.05) is 43.5 Å². The third kappa shape index (κ3) is 5.26. The Morgan fingerprint density at radius 3 is 2.56 bits per heavy atom. The lowest BCUT2D eigenvalue weighted by Crippen LogP contribution is -2.42. The first kappa shape index (κ1) is 23.6. The molecule has 2 heterocycles. The number of anilines is 3. The van der Waals surface area contributed by atoms with E-state index < -0.39 is 5.91 Å². The van der Waals surface area contributed by atoms with E-state index in [0.29, 0.717) is 49.2 Å². The smallest absolute Gasteiger partial charge is 0.260 e. The van der Waals surface area contributed by atoms with Gasteiger partial charge in [-0.1, -0.05) is 36.4 Å². The molecule has 1 aliphatic heterocycles. The number of nitrogens with zero attached hydrogens (tertiary/aromatic N) is 2. The molecule has 0 atom stereocenters. The number of rotatable bonds is 9. The Hall–Kier alpha value is -4.11. The first-order valence-electron chi connectivity index (χ1n) is 12.0. The topological polar surface area (TPSA) is 119 Å². The van der Waals surface area contributed by atoms with E-state index in [1.165, 1.54) is 5.56 Å². The zero-order valence-corrected chi connectivity index (χ0v) is 19.9. The summed E-state index contributed by atoms with van der Waals surface area (Å²) in [5.74, 6) is 0.205. The quantitative estimate of drug-likeness (QED) is 0.424. The maximum absolute atomic E-state index is 12.5. The number of nitrogens with two attached hydrogens (primary N) is 1. The van der Waals surface area contributed by atoms with Gasteiger partial charge in [-0.15, -0.1) is 0 Å². The molecule has 0 unspecified atom stereocenters. The molecule has 5 rings (SSSR count). The summed E-state index contributed by atoms with van der Waals surface area (Å²) < 4.78 is 11.0. The molecule has 0 radical (unpaired) electrons. The summed E-state index contributed by atoms with van der Waals surface area (Å²) in [6.07, 6.45) is 3.56. The Morgan fingerprint density at radius 2 is 1.83 bits per heavy atom. The molecule has 1 saturated heterocycles. The third-order valence-corrected chi connectivity index (χ3v) is 6.47. The lowest BCUT2D eigenvalue weighted by Gasteiger charge is -2.26. The second kappa shape index (κ2) is 10.2. The van der Waals surface area contributed by atoms with Crippen molar-refractivity contribution in [3.63, 3.8) is 0 Å². The SMILES string of the molecule is NC(=O)c1c(NC2(c3ccccc3)CC2)ccnc1Nc1cccc(OCC(=O)N2CCOCC2)c1. The van der Waals surface area contributed by atoms with Crippen LogP contribution in [0.5, 0.6) is 5.75 Å². The van der Waals surface area contributed by atoms with E-state index in [4.69, 9.17) is 15.2 Å². The molecule has 1 saturated carbocycles. The molecule has 2 aliphatic rings. The second-order valence-corrected chi connectivity index (χ2v) is 8.95. The summed E-state index contributed by atoms with van der Waals surface area (Å²) in [5.41, 5.74) is 8.32. The first-order valence-corrected chi connectivity index (χ1v) is 12.0. The average molecular weight is 488 g/mol. The largest absolute Gasteiger partial charge is 0.484 e. The molecule has 0 bridgehead atoms. The molecule has 1 aromatic heterocycles. The van der Waals surface area contributed by atoms with Gasteiger partial charge in [0.1, 0.15) is 17.1 Å². The second-order valence-electron chi connectivity index (χ2n) is 8.95. The number of nitrogens with one attached hydrogen (secondary N) is 2. The Kier molecular flexibility index (Phi) is 6.73. The molecule has 1 aliphatic carbocycles. The van der Waals surface area contributed by atoms with Gasteiger partial charge in [0.25, 0.3) is 11.8 Å². The number of carbonyl (C=O) groups is 2. The summed E-state index contributed by atoms with van der Waals surface area (Å²) in [7, 11) is 0. The van der Waals surface area contributed by atoms with Crippen LogP contribution < -0.4 is 21.1 Å². The van der Waals surface area contributed by atoms with Crippen molar-refractivity contribution in [1.82, 2.24) is 9.88 Å². The predicted molar refractivity (Wildman–Crippen MR) is 136 cm³/mol. The predicted octanol–water partition coefficient (Wildman–Crippen LogP) is 3.26. The van der Waals surface area contributed by atoms with E-state index in [1.807, 2.05) is 24.3 Å². The van der Waals surface area contributed by atoms with Gasteiger partial charge >= 0.3 is 0 Å². The lowest BCUT2D eigenvalue weighted by molar-refractivity contribution is -0.137. The molecule has 186 valence electrons. The Bertz CT molecular complexity index is 1240. The fraction of sp³-hybridized carbons (Fsp3) is 0.296. The van der Waals surface area contributed by atoms with E-state index >= 15 is 0 Å². The van der Waals surface area contributed by atoms with Crippen molar-refractivity contribution in [1.29, 1.82) is 0 Å². The van der Waals surface area contributed by atoms with Crippen molar-refractivity contribution >= 4 is 29.0 Å². The van der Waals surface area contributed by atoms with Crippen molar-refractivity contribution in [3.05, 3.63) is 78.0 Å². The monoisotopic (exact) mass is 487 g/mol. The lowest BCUT2D eigenvalue weighted by atomic mass is 10.0. The maximum Gasteiger partial charge on any atom is 0.260 e. The fourth-order valence-corrected chi connectivity index (χ4v) is 4.39. The average Bonchev–Trinajstić information content (AvgIpc) is 3.69. The summed E-state index contributed by atoms with van der Waals surface area (Å²) in [6, 6.07) is 19.1. The van der Waals surface area contributed by atoms with Gasteiger partial charge in [-0.25, -0.2) is 4.98 Å². The van der Waals surface area contributed by atoms with Gasteiger partial charge in [-0.05, 0) is 36.6 Å². The van der Waals surface area contributed by atoms with E-state index in [1.54, 1.807) is 35.4 Å². The van der Waals surface area contributed by atoms with Crippen LogP contribution in [-0.4, -0.2) is 54.6 Å². The van der Waals surface area contributed by atoms with Crippen molar-refractivity contribution in [2.24, 2.45) is 5.73 Å². The highest BCUT2D eigenvalue weighted by atomic mass is 16.5. The minimum Gasteiger partial charge on any atom is -0.484 e. The van der Waals surface area contributed by atoms with Crippen LogP contribution >= 0.6 is 0 Å². The summed E-state index contributed by atoms with van der Waals surface area (Å²) in [6.45, 7) is 2.17. The molecule has 4 N–H and O–H groups in total. The number of aromatic nitrogens is 1. The maximum atomic E-state index is 12.5. The number of hydrogen-bond acceptors (Lipinski definition) is 7. The van der Waals surface area contributed by atoms with Crippen LogP contribution in [0.1, 0.15) is 28.8 Å². The highest BCUT2D eigenvalue weighted by Gasteiger charge is 2.44. The van der Waals surface area contributed by atoms with Crippen LogP contribution in [0.15, 0.2) is 66.9 Å². The summed E-state index contributed by atoms with van der Waals surface area (Å²) in [5, 5.41) is 6.73. The summed E-state index contributed by atoms with van der Waals surface area (Å²) in [4.78, 5) is 31.0. The number of benzene rings is 2.